The zero-order valence-electron chi connectivity index (χ0n) is 8.58. The number of aromatic nitrogens is 4. The van der Waals surface area contributed by atoms with Crippen LogP contribution < -0.4 is 4.68 Å². The SMILES string of the molecule is C[n+]1[nH]nc(-c2ccc(N=O)cn2)c1CO. The summed E-state index contributed by atoms with van der Waals surface area (Å²) in [6.45, 7) is -0.141. The van der Waals surface area contributed by atoms with Crippen molar-refractivity contribution in [3.8, 4) is 11.4 Å². The second-order valence-corrected chi connectivity index (χ2v) is 3.22. The first-order valence-corrected chi connectivity index (χ1v) is 4.60. The van der Waals surface area contributed by atoms with Gasteiger partial charge in [0.2, 0.25) is 5.69 Å². The second-order valence-electron chi connectivity index (χ2n) is 3.22. The Bertz CT molecular complexity index is 505. The summed E-state index contributed by atoms with van der Waals surface area (Å²) in [7, 11) is 1.74. The molecule has 0 aliphatic heterocycles. The van der Waals surface area contributed by atoms with Crippen LogP contribution in [0.15, 0.2) is 23.5 Å². The van der Waals surface area contributed by atoms with E-state index in [-0.39, 0.29) is 12.3 Å². The second kappa shape index (κ2) is 4.15. The lowest BCUT2D eigenvalue weighted by Gasteiger charge is -1.94. The summed E-state index contributed by atoms with van der Waals surface area (Å²) in [4.78, 5) is 14.3. The minimum Gasteiger partial charge on any atom is -0.388 e. The number of pyridine rings is 1. The quantitative estimate of drug-likeness (QED) is 0.570. The highest BCUT2D eigenvalue weighted by Gasteiger charge is 2.20. The molecule has 16 heavy (non-hydrogen) atoms. The molecule has 0 aromatic carbocycles. The number of nitrogens with zero attached hydrogens (tertiary/aromatic N) is 4. The Morgan fingerprint density at radius 2 is 2.38 bits per heavy atom. The third kappa shape index (κ3) is 1.68. The van der Waals surface area contributed by atoms with Crippen LogP contribution in [0.1, 0.15) is 5.69 Å². The molecule has 0 unspecified atom stereocenters. The molecule has 0 bridgehead atoms. The molecule has 0 spiro atoms. The van der Waals surface area contributed by atoms with Crippen LogP contribution in [0, 0.1) is 4.91 Å². The number of rotatable bonds is 3. The van der Waals surface area contributed by atoms with Crippen molar-refractivity contribution in [3.63, 3.8) is 0 Å². The maximum absolute atomic E-state index is 10.2. The summed E-state index contributed by atoms with van der Waals surface area (Å²) in [5, 5.41) is 18.6. The molecule has 0 atom stereocenters. The number of aliphatic hydroxyl groups is 1. The topological polar surface area (TPSA) is 95.1 Å². The summed E-state index contributed by atoms with van der Waals surface area (Å²) < 4.78 is 1.60. The normalized spacial score (nSPS) is 10.4. The van der Waals surface area contributed by atoms with Crippen LogP contribution >= 0.6 is 0 Å². The fourth-order valence-electron chi connectivity index (χ4n) is 1.37. The summed E-state index contributed by atoms with van der Waals surface area (Å²) in [5.74, 6) is 0. The lowest BCUT2D eigenvalue weighted by Crippen LogP contribution is -2.34. The van der Waals surface area contributed by atoms with E-state index in [4.69, 9.17) is 0 Å². The Morgan fingerprint density at radius 3 is 2.94 bits per heavy atom. The molecule has 0 fully saturated rings. The van der Waals surface area contributed by atoms with E-state index in [0.29, 0.717) is 17.1 Å². The van der Waals surface area contributed by atoms with Gasteiger partial charge in [-0.05, 0) is 17.3 Å². The average molecular weight is 220 g/mol. The predicted molar refractivity (Wildman–Crippen MR) is 54.4 cm³/mol. The number of H-pyrrole nitrogens is 1. The van der Waals surface area contributed by atoms with Crippen LogP contribution in [-0.4, -0.2) is 20.4 Å². The minimum absolute atomic E-state index is 0.141. The van der Waals surface area contributed by atoms with Crippen LogP contribution in [0.4, 0.5) is 5.69 Å². The van der Waals surface area contributed by atoms with E-state index in [1.807, 2.05) is 0 Å². The lowest BCUT2D eigenvalue weighted by atomic mass is 10.2. The van der Waals surface area contributed by atoms with Crippen molar-refractivity contribution in [2.24, 2.45) is 12.2 Å². The van der Waals surface area contributed by atoms with E-state index < -0.39 is 0 Å². The van der Waals surface area contributed by atoms with E-state index in [2.05, 4.69) is 20.5 Å². The molecule has 7 nitrogen and oxygen atoms in total. The predicted octanol–water partition coefficient (Wildman–Crippen LogP) is 0.186. The van der Waals surface area contributed by atoms with Gasteiger partial charge in [-0.1, -0.05) is 5.21 Å². The van der Waals surface area contributed by atoms with Gasteiger partial charge in [-0.2, -0.15) is 4.68 Å². The summed E-state index contributed by atoms with van der Waals surface area (Å²) in [6, 6.07) is 3.18. The van der Waals surface area contributed by atoms with Gasteiger partial charge in [0.25, 0.3) is 5.69 Å². The van der Waals surface area contributed by atoms with Crippen molar-refractivity contribution in [1.82, 2.24) is 15.3 Å². The average Bonchev–Trinajstić information content (AvgIpc) is 2.70. The van der Waals surface area contributed by atoms with Gasteiger partial charge in [0.05, 0.1) is 6.20 Å². The summed E-state index contributed by atoms with van der Waals surface area (Å²) >= 11 is 0. The molecule has 0 aliphatic carbocycles. The van der Waals surface area contributed by atoms with Crippen LogP contribution in [0.2, 0.25) is 0 Å². The van der Waals surface area contributed by atoms with E-state index in [9.17, 15) is 10.0 Å². The zero-order chi connectivity index (χ0) is 11.5. The number of nitroso groups, excluding NO2 is 1. The number of nitrogens with one attached hydrogen (secondary N) is 1. The van der Waals surface area contributed by atoms with E-state index in [0.717, 1.165) is 0 Å². The van der Waals surface area contributed by atoms with Gasteiger partial charge in [0.1, 0.15) is 25.0 Å². The van der Waals surface area contributed by atoms with Crippen molar-refractivity contribution in [2.45, 2.75) is 6.61 Å². The van der Waals surface area contributed by atoms with E-state index >= 15 is 0 Å². The number of aryl methyl sites for hydroxylation is 1. The first-order valence-electron chi connectivity index (χ1n) is 4.60. The molecule has 0 radical (unpaired) electrons. The number of aliphatic hydroxyl groups excluding tert-OH is 1. The van der Waals surface area contributed by atoms with Crippen molar-refractivity contribution >= 4 is 5.69 Å². The van der Waals surface area contributed by atoms with Gasteiger partial charge >= 0.3 is 0 Å². The molecule has 0 amide bonds. The largest absolute Gasteiger partial charge is 0.388 e. The van der Waals surface area contributed by atoms with E-state index in [1.54, 1.807) is 23.9 Å². The maximum atomic E-state index is 10.2. The fraction of sp³-hybridized carbons (Fsp3) is 0.222. The Balaban J connectivity index is 2.45. The Labute approximate surface area is 90.7 Å². The molecular weight excluding hydrogens is 210 g/mol. The third-order valence-corrected chi connectivity index (χ3v) is 2.24. The molecule has 2 N–H and O–H groups in total. The Kier molecular flexibility index (Phi) is 2.69. The molecule has 2 heterocycles. The maximum Gasteiger partial charge on any atom is 0.272 e. The Hall–Kier alpha value is -2.15. The third-order valence-electron chi connectivity index (χ3n) is 2.24. The Morgan fingerprint density at radius 1 is 1.56 bits per heavy atom. The monoisotopic (exact) mass is 220 g/mol. The molecule has 0 aliphatic rings. The number of hydrogen-bond donors (Lipinski definition) is 2. The molecule has 7 heteroatoms. The molecular formula is C9H10N5O2+. The van der Waals surface area contributed by atoms with Crippen LogP contribution in [0.25, 0.3) is 11.4 Å². The minimum atomic E-state index is -0.141. The van der Waals surface area contributed by atoms with Gasteiger partial charge in [-0.3, -0.25) is 0 Å². The van der Waals surface area contributed by atoms with E-state index in [1.165, 1.54) is 6.20 Å². The van der Waals surface area contributed by atoms with Gasteiger partial charge in [-0.15, -0.1) is 4.91 Å². The van der Waals surface area contributed by atoms with Crippen molar-refractivity contribution < 1.29 is 9.79 Å². The van der Waals surface area contributed by atoms with Crippen LogP contribution in [-0.2, 0) is 13.7 Å². The zero-order valence-corrected chi connectivity index (χ0v) is 8.58. The van der Waals surface area contributed by atoms with Gasteiger partial charge < -0.3 is 5.11 Å². The number of hydrogen-bond acceptors (Lipinski definition) is 5. The highest BCUT2D eigenvalue weighted by molar-refractivity contribution is 5.56. The number of aromatic amines is 1. The van der Waals surface area contributed by atoms with Crippen molar-refractivity contribution in [3.05, 3.63) is 28.9 Å². The molecule has 82 valence electrons. The molecule has 0 saturated carbocycles. The highest BCUT2D eigenvalue weighted by Crippen LogP contribution is 2.18. The van der Waals surface area contributed by atoms with Crippen LogP contribution in [0.5, 0.6) is 0 Å². The fourth-order valence-corrected chi connectivity index (χ4v) is 1.37. The first kappa shape index (κ1) is 10.4. The highest BCUT2D eigenvalue weighted by atomic mass is 16.3. The smallest absolute Gasteiger partial charge is 0.272 e. The summed E-state index contributed by atoms with van der Waals surface area (Å²) in [6.07, 6.45) is 1.36. The van der Waals surface area contributed by atoms with Crippen LogP contribution in [0.3, 0.4) is 0 Å². The molecule has 2 aromatic rings. The van der Waals surface area contributed by atoms with Gasteiger partial charge in [-0.25, -0.2) is 4.98 Å². The molecule has 2 rings (SSSR count). The summed E-state index contributed by atoms with van der Waals surface area (Å²) in [5.41, 5.74) is 2.02. The standard InChI is InChI=1S/C9H9N5O2/c1-14-8(5-15)9(11-13-14)7-3-2-6(12-16)4-10-7/h2-4,15H,5H2,1H3/p+1. The van der Waals surface area contributed by atoms with Gasteiger partial charge in [0.15, 0.2) is 0 Å². The lowest BCUT2D eigenvalue weighted by molar-refractivity contribution is -0.738. The van der Waals surface area contributed by atoms with Crippen molar-refractivity contribution in [2.75, 3.05) is 0 Å². The molecule has 0 saturated heterocycles. The molecule has 2 aromatic heterocycles. The first-order chi connectivity index (χ1) is 7.76. The van der Waals surface area contributed by atoms with Crippen molar-refractivity contribution in [1.29, 1.82) is 0 Å². The van der Waals surface area contributed by atoms with Gasteiger partial charge in [0, 0.05) is 5.10 Å².